The highest BCUT2D eigenvalue weighted by Crippen LogP contribution is 2.43. The van der Waals surface area contributed by atoms with Crippen molar-refractivity contribution in [1.29, 1.82) is 0 Å². The molecule has 5 heteroatoms. The fraction of sp³-hybridized carbons (Fsp3) is 0.429. The van der Waals surface area contributed by atoms with Crippen LogP contribution in [0.5, 0.6) is 0 Å². The Morgan fingerprint density at radius 2 is 2.05 bits per heavy atom. The number of hydrogen-bond donors (Lipinski definition) is 1. The number of carbonyl (C=O) groups excluding carboxylic acids is 2. The third kappa shape index (κ3) is 2.52. The Balaban J connectivity index is 2.21. The van der Waals surface area contributed by atoms with E-state index in [-0.39, 0.29) is 5.91 Å². The lowest BCUT2D eigenvalue weighted by Crippen LogP contribution is -2.48. The van der Waals surface area contributed by atoms with Gasteiger partial charge in [0.15, 0.2) is 0 Å². The van der Waals surface area contributed by atoms with Gasteiger partial charge in [0.1, 0.15) is 5.41 Å². The first-order valence-corrected chi connectivity index (χ1v) is 6.95. The molecule has 4 nitrogen and oxygen atoms in total. The lowest BCUT2D eigenvalue weighted by molar-refractivity contribution is -0.163. The molecule has 0 atom stereocenters. The molecule has 1 N–H and O–H groups in total. The molecule has 0 bridgehead atoms. The number of halogens is 1. The summed E-state index contributed by atoms with van der Waals surface area (Å²) in [5.41, 5.74) is 0.675. The second-order valence-corrected chi connectivity index (χ2v) is 5.76. The van der Waals surface area contributed by atoms with Crippen molar-refractivity contribution >= 4 is 33.5 Å². The van der Waals surface area contributed by atoms with E-state index in [4.69, 9.17) is 4.74 Å². The Bertz CT molecular complexity index is 523. The van der Waals surface area contributed by atoms with Crippen LogP contribution in [-0.4, -0.2) is 19.0 Å². The predicted octanol–water partition coefficient (Wildman–Crippen LogP) is 3.04. The smallest absolute Gasteiger partial charge is 0.321 e. The van der Waals surface area contributed by atoms with Crippen molar-refractivity contribution < 1.29 is 14.3 Å². The number of nitrogens with one attached hydrogen (secondary N) is 1. The average molecular weight is 326 g/mol. The number of anilines is 1. The van der Waals surface area contributed by atoms with E-state index >= 15 is 0 Å². The SMILES string of the molecule is COC(=O)C1(C(=O)Nc2cc(Br)ccc2C)CCC1. The fourth-order valence-corrected chi connectivity index (χ4v) is 2.58. The minimum atomic E-state index is -0.997. The van der Waals surface area contributed by atoms with Crippen LogP contribution in [0.15, 0.2) is 22.7 Å². The van der Waals surface area contributed by atoms with Crippen molar-refractivity contribution in [3.8, 4) is 0 Å². The maximum atomic E-state index is 12.4. The summed E-state index contributed by atoms with van der Waals surface area (Å²) in [5, 5.41) is 2.84. The molecule has 1 aromatic rings. The molecule has 1 fully saturated rings. The highest BCUT2D eigenvalue weighted by molar-refractivity contribution is 9.10. The van der Waals surface area contributed by atoms with E-state index < -0.39 is 11.4 Å². The van der Waals surface area contributed by atoms with Gasteiger partial charge in [0, 0.05) is 10.2 Å². The molecule has 19 heavy (non-hydrogen) atoms. The molecule has 2 rings (SSSR count). The molecule has 1 amide bonds. The zero-order valence-corrected chi connectivity index (χ0v) is 12.5. The number of amides is 1. The summed E-state index contributed by atoms with van der Waals surface area (Å²) >= 11 is 3.37. The van der Waals surface area contributed by atoms with Crippen LogP contribution in [0.4, 0.5) is 5.69 Å². The van der Waals surface area contributed by atoms with Crippen LogP contribution < -0.4 is 5.32 Å². The Morgan fingerprint density at radius 1 is 1.37 bits per heavy atom. The van der Waals surface area contributed by atoms with Crippen molar-refractivity contribution in [2.45, 2.75) is 26.2 Å². The Kier molecular flexibility index (Phi) is 3.94. The quantitative estimate of drug-likeness (QED) is 0.686. The van der Waals surface area contributed by atoms with E-state index in [1.807, 2.05) is 25.1 Å². The number of rotatable bonds is 3. The largest absolute Gasteiger partial charge is 0.468 e. The first-order chi connectivity index (χ1) is 8.99. The van der Waals surface area contributed by atoms with Gasteiger partial charge in [-0.2, -0.15) is 0 Å². The topological polar surface area (TPSA) is 55.4 Å². The first-order valence-electron chi connectivity index (χ1n) is 6.15. The summed E-state index contributed by atoms with van der Waals surface area (Å²) in [6.07, 6.45) is 1.98. The van der Waals surface area contributed by atoms with Crippen LogP contribution in [0, 0.1) is 12.3 Å². The standard InChI is InChI=1S/C14H16BrNO3/c1-9-4-5-10(15)8-11(9)16-12(17)14(6-3-7-14)13(18)19-2/h4-5,8H,3,6-7H2,1-2H3,(H,16,17). The lowest BCUT2D eigenvalue weighted by Gasteiger charge is -2.37. The molecule has 0 radical (unpaired) electrons. The van der Waals surface area contributed by atoms with Crippen LogP contribution in [0.3, 0.4) is 0 Å². The number of ether oxygens (including phenoxy) is 1. The fourth-order valence-electron chi connectivity index (χ4n) is 2.22. The number of carbonyl (C=O) groups is 2. The summed E-state index contributed by atoms with van der Waals surface area (Å²) in [6.45, 7) is 1.91. The highest BCUT2D eigenvalue weighted by Gasteiger charge is 2.52. The minimum absolute atomic E-state index is 0.271. The molecule has 0 heterocycles. The first kappa shape index (κ1) is 14.1. The molecule has 1 saturated carbocycles. The molecular weight excluding hydrogens is 310 g/mol. The van der Waals surface area contributed by atoms with Crippen molar-refractivity contribution in [1.82, 2.24) is 0 Å². The molecule has 0 aliphatic heterocycles. The van der Waals surface area contributed by atoms with Gasteiger partial charge in [-0.3, -0.25) is 9.59 Å². The molecular formula is C14H16BrNO3. The van der Waals surface area contributed by atoms with E-state index in [0.29, 0.717) is 12.8 Å². The number of aryl methyl sites for hydroxylation is 1. The van der Waals surface area contributed by atoms with Gasteiger partial charge in [0.25, 0.3) is 0 Å². The van der Waals surface area contributed by atoms with Gasteiger partial charge in [-0.1, -0.05) is 28.4 Å². The van der Waals surface area contributed by atoms with Crippen LogP contribution in [0.2, 0.25) is 0 Å². The van der Waals surface area contributed by atoms with E-state index in [2.05, 4.69) is 21.2 Å². The van der Waals surface area contributed by atoms with Crippen molar-refractivity contribution in [2.24, 2.45) is 5.41 Å². The molecule has 0 saturated heterocycles. The molecule has 1 aliphatic carbocycles. The maximum absolute atomic E-state index is 12.4. The molecule has 102 valence electrons. The summed E-state index contributed by atoms with van der Waals surface area (Å²) < 4.78 is 5.64. The summed E-state index contributed by atoms with van der Waals surface area (Å²) in [6, 6.07) is 5.65. The predicted molar refractivity (Wildman–Crippen MR) is 75.8 cm³/mol. The number of esters is 1. The van der Waals surface area contributed by atoms with Gasteiger partial charge >= 0.3 is 5.97 Å². The van der Waals surface area contributed by atoms with E-state index in [1.165, 1.54) is 7.11 Å². The van der Waals surface area contributed by atoms with Gasteiger partial charge in [-0.25, -0.2) is 0 Å². The van der Waals surface area contributed by atoms with Gasteiger partial charge in [-0.05, 0) is 37.5 Å². The van der Waals surface area contributed by atoms with Crippen LogP contribution in [-0.2, 0) is 14.3 Å². The Labute approximate surface area is 120 Å². The normalized spacial score (nSPS) is 16.4. The molecule has 1 aromatic carbocycles. The van der Waals surface area contributed by atoms with Gasteiger partial charge in [-0.15, -0.1) is 0 Å². The van der Waals surface area contributed by atoms with E-state index in [1.54, 1.807) is 0 Å². The van der Waals surface area contributed by atoms with E-state index in [9.17, 15) is 9.59 Å². The lowest BCUT2D eigenvalue weighted by atomic mass is 9.68. The van der Waals surface area contributed by atoms with Crippen molar-refractivity contribution in [3.05, 3.63) is 28.2 Å². The molecule has 0 spiro atoms. The third-order valence-corrected chi connectivity index (χ3v) is 4.16. The van der Waals surface area contributed by atoms with Gasteiger partial charge < -0.3 is 10.1 Å². The van der Waals surface area contributed by atoms with Gasteiger partial charge in [0.2, 0.25) is 5.91 Å². The molecule has 0 aromatic heterocycles. The summed E-state index contributed by atoms with van der Waals surface area (Å²) in [5.74, 6) is -0.712. The van der Waals surface area contributed by atoms with Crippen LogP contribution in [0.1, 0.15) is 24.8 Å². The van der Waals surface area contributed by atoms with Gasteiger partial charge in [0.05, 0.1) is 7.11 Å². The highest BCUT2D eigenvalue weighted by atomic mass is 79.9. The zero-order chi connectivity index (χ0) is 14.0. The Morgan fingerprint density at radius 3 is 2.58 bits per heavy atom. The second-order valence-electron chi connectivity index (χ2n) is 4.84. The number of methoxy groups -OCH3 is 1. The van der Waals surface area contributed by atoms with E-state index in [0.717, 1.165) is 22.1 Å². The average Bonchev–Trinajstić information content (AvgIpc) is 2.32. The number of benzene rings is 1. The summed E-state index contributed by atoms with van der Waals surface area (Å²) in [4.78, 5) is 24.2. The third-order valence-electron chi connectivity index (χ3n) is 3.67. The number of hydrogen-bond acceptors (Lipinski definition) is 3. The van der Waals surface area contributed by atoms with Crippen LogP contribution in [0.25, 0.3) is 0 Å². The van der Waals surface area contributed by atoms with Crippen molar-refractivity contribution in [3.63, 3.8) is 0 Å². The van der Waals surface area contributed by atoms with Crippen molar-refractivity contribution in [2.75, 3.05) is 12.4 Å². The second kappa shape index (κ2) is 5.33. The minimum Gasteiger partial charge on any atom is -0.468 e. The molecule has 1 aliphatic rings. The maximum Gasteiger partial charge on any atom is 0.321 e. The summed E-state index contributed by atoms with van der Waals surface area (Å²) in [7, 11) is 1.32. The molecule has 0 unspecified atom stereocenters. The van der Waals surface area contributed by atoms with Crippen LogP contribution >= 0.6 is 15.9 Å². The Hall–Kier alpha value is -1.36. The zero-order valence-electron chi connectivity index (χ0n) is 11.0. The monoisotopic (exact) mass is 325 g/mol.